The van der Waals surface area contributed by atoms with Gasteiger partial charge in [0.05, 0.1) is 11.3 Å². The first-order valence-electron chi connectivity index (χ1n) is 5.31. The quantitative estimate of drug-likeness (QED) is 0.907. The molecule has 90 valence electrons. The molecule has 1 N–H and O–H groups in total. The van der Waals surface area contributed by atoms with E-state index in [-0.39, 0.29) is 0 Å². The van der Waals surface area contributed by atoms with Crippen LogP contribution in [0.4, 0.5) is 0 Å². The summed E-state index contributed by atoms with van der Waals surface area (Å²) in [6, 6.07) is 7.21. The highest BCUT2D eigenvalue weighted by atomic mass is 35.5. The van der Waals surface area contributed by atoms with Crippen molar-refractivity contribution in [2.75, 3.05) is 0 Å². The second kappa shape index (κ2) is 4.47. The van der Waals surface area contributed by atoms with Crippen LogP contribution in [0.1, 0.15) is 18.2 Å². The molecule has 1 unspecified atom stereocenters. The van der Waals surface area contributed by atoms with Gasteiger partial charge in [-0.15, -0.1) is 5.10 Å². The summed E-state index contributed by atoms with van der Waals surface area (Å²) in [5.41, 5.74) is 0.522. The lowest BCUT2D eigenvalue weighted by Gasteiger charge is -2.22. The summed E-state index contributed by atoms with van der Waals surface area (Å²) >= 11 is 5.91. The van der Waals surface area contributed by atoms with Crippen LogP contribution in [0.5, 0.6) is 0 Å². The van der Waals surface area contributed by atoms with Crippen molar-refractivity contribution in [1.82, 2.24) is 15.0 Å². The van der Waals surface area contributed by atoms with Crippen LogP contribution in [0.25, 0.3) is 0 Å². The predicted octanol–water partition coefficient (Wildman–Crippen LogP) is 1.92. The molecule has 0 aliphatic heterocycles. The normalized spacial score (nSPS) is 14.6. The van der Waals surface area contributed by atoms with Crippen LogP contribution in [0, 0.1) is 0 Å². The highest BCUT2D eigenvalue weighted by Gasteiger charge is 2.25. The van der Waals surface area contributed by atoms with Gasteiger partial charge in [-0.2, -0.15) is 0 Å². The Hall–Kier alpha value is -1.39. The van der Waals surface area contributed by atoms with E-state index in [0.29, 0.717) is 11.4 Å². The van der Waals surface area contributed by atoms with E-state index in [2.05, 4.69) is 10.3 Å². The van der Waals surface area contributed by atoms with Gasteiger partial charge in [-0.25, -0.2) is 0 Å². The smallest absolute Gasteiger partial charge is 0.0925 e. The molecular weight excluding hydrogens is 238 g/mol. The van der Waals surface area contributed by atoms with E-state index < -0.39 is 5.60 Å². The van der Waals surface area contributed by atoms with Crippen molar-refractivity contribution >= 4 is 11.6 Å². The van der Waals surface area contributed by atoms with Gasteiger partial charge >= 0.3 is 0 Å². The molecule has 0 saturated carbocycles. The Balaban J connectivity index is 2.24. The summed E-state index contributed by atoms with van der Waals surface area (Å²) in [5, 5.41) is 18.9. The zero-order valence-corrected chi connectivity index (χ0v) is 10.5. The Morgan fingerprint density at radius 2 is 2.24 bits per heavy atom. The standard InChI is InChI=1S/C12H14ClN3O/c1-12(17,7-11-8-16(2)15-14-11)9-4-3-5-10(13)6-9/h3-6,8,17H,7H2,1-2H3. The molecule has 0 aliphatic rings. The fourth-order valence-electron chi connectivity index (χ4n) is 1.75. The number of aliphatic hydroxyl groups is 1. The Bertz CT molecular complexity index is 522. The second-order valence-electron chi connectivity index (χ2n) is 4.34. The molecule has 17 heavy (non-hydrogen) atoms. The lowest BCUT2D eigenvalue weighted by atomic mass is 9.91. The predicted molar refractivity (Wildman–Crippen MR) is 65.7 cm³/mol. The average Bonchev–Trinajstić information content (AvgIpc) is 2.63. The lowest BCUT2D eigenvalue weighted by molar-refractivity contribution is 0.0566. The summed E-state index contributed by atoms with van der Waals surface area (Å²) < 4.78 is 1.61. The molecule has 1 heterocycles. The third-order valence-electron chi connectivity index (χ3n) is 2.62. The molecule has 1 aromatic heterocycles. The maximum Gasteiger partial charge on any atom is 0.0925 e. The fraction of sp³-hybridized carbons (Fsp3) is 0.333. The minimum atomic E-state index is -0.999. The number of rotatable bonds is 3. The summed E-state index contributed by atoms with van der Waals surface area (Å²) in [6.45, 7) is 1.74. The Morgan fingerprint density at radius 1 is 1.47 bits per heavy atom. The summed E-state index contributed by atoms with van der Waals surface area (Å²) in [4.78, 5) is 0. The number of hydrogen-bond donors (Lipinski definition) is 1. The van der Waals surface area contributed by atoms with Gasteiger partial charge in [0.2, 0.25) is 0 Å². The van der Waals surface area contributed by atoms with Gasteiger partial charge in [0.15, 0.2) is 0 Å². The lowest BCUT2D eigenvalue weighted by Crippen LogP contribution is -2.24. The van der Waals surface area contributed by atoms with Gasteiger partial charge < -0.3 is 5.11 Å². The van der Waals surface area contributed by atoms with Crippen LogP contribution in [-0.4, -0.2) is 20.1 Å². The van der Waals surface area contributed by atoms with E-state index in [1.54, 1.807) is 37.0 Å². The number of benzene rings is 1. The Morgan fingerprint density at radius 3 is 2.82 bits per heavy atom. The maximum absolute atomic E-state index is 10.4. The fourth-order valence-corrected chi connectivity index (χ4v) is 1.94. The zero-order chi connectivity index (χ0) is 12.5. The molecule has 0 aliphatic carbocycles. The third kappa shape index (κ3) is 2.84. The van der Waals surface area contributed by atoms with Crippen molar-refractivity contribution in [2.45, 2.75) is 18.9 Å². The zero-order valence-electron chi connectivity index (χ0n) is 9.76. The van der Waals surface area contributed by atoms with E-state index in [1.807, 2.05) is 12.1 Å². The molecule has 1 atom stereocenters. The Kier molecular flexibility index (Phi) is 3.17. The molecule has 5 heteroatoms. The second-order valence-corrected chi connectivity index (χ2v) is 4.78. The third-order valence-corrected chi connectivity index (χ3v) is 2.86. The summed E-state index contributed by atoms with van der Waals surface area (Å²) in [6.07, 6.45) is 2.19. The van der Waals surface area contributed by atoms with Crippen LogP contribution in [0.3, 0.4) is 0 Å². The van der Waals surface area contributed by atoms with Crippen molar-refractivity contribution in [3.05, 3.63) is 46.7 Å². The van der Waals surface area contributed by atoms with E-state index in [4.69, 9.17) is 11.6 Å². The van der Waals surface area contributed by atoms with Crippen LogP contribution in [0.2, 0.25) is 5.02 Å². The van der Waals surface area contributed by atoms with Crippen LogP contribution in [0.15, 0.2) is 30.5 Å². The summed E-state index contributed by atoms with van der Waals surface area (Å²) in [7, 11) is 1.80. The molecule has 0 spiro atoms. The maximum atomic E-state index is 10.4. The SMILES string of the molecule is Cn1cc(CC(C)(O)c2cccc(Cl)c2)nn1. The minimum absolute atomic E-state index is 0.404. The number of aryl methyl sites for hydroxylation is 1. The molecule has 0 saturated heterocycles. The topological polar surface area (TPSA) is 50.9 Å². The van der Waals surface area contributed by atoms with Gasteiger partial charge in [0.25, 0.3) is 0 Å². The van der Waals surface area contributed by atoms with Crippen molar-refractivity contribution < 1.29 is 5.11 Å². The molecule has 4 nitrogen and oxygen atoms in total. The number of aromatic nitrogens is 3. The van der Waals surface area contributed by atoms with Crippen LogP contribution < -0.4 is 0 Å². The first kappa shape index (κ1) is 12.1. The first-order valence-corrected chi connectivity index (χ1v) is 5.69. The van der Waals surface area contributed by atoms with Crippen molar-refractivity contribution in [2.24, 2.45) is 7.05 Å². The van der Waals surface area contributed by atoms with Gasteiger partial charge in [0, 0.05) is 24.7 Å². The van der Waals surface area contributed by atoms with E-state index in [9.17, 15) is 5.11 Å². The Labute approximate surface area is 105 Å². The number of halogens is 1. The average molecular weight is 252 g/mol. The van der Waals surface area contributed by atoms with Gasteiger partial charge in [-0.05, 0) is 24.6 Å². The molecule has 2 rings (SSSR count). The van der Waals surface area contributed by atoms with E-state index >= 15 is 0 Å². The highest BCUT2D eigenvalue weighted by molar-refractivity contribution is 6.30. The number of nitrogens with zero attached hydrogens (tertiary/aromatic N) is 3. The van der Waals surface area contributed by atoms with E-state index in [1.165, 1.54) is 0 Å². The monoisotopic (exact) mass is 251 g/mol. The summed E-state index contributed by atoms with van der Waals surface area (Å²) in [5.74, 6) is 0. The van der Waals surface area contributed by atoms with Gasteiger partial charge in [-0.1, -0.05) is 28.9 Å². The molecule has 0 amide bonds. The molecule has 1 aromatic carbocycles. The minimum Gasteiger partial charge on any atom is -0.385 e. The highest BCUT2D eigenvalue weighted by Crippen LogP contribution is 2.26. The van der Waals surface area contributed by atoms with Gasteiger partial charge in [0.1, 0.15) is 0 Å². The largest absolute Gasteiger partial charge is 0.385 e. The first-order chi connectivity index (χ1) is 7.97. The molecule has 0 fully saturated rings. The van der Waals surface area contributed by atoms with Crippen LogP contribution >= 0.6 is 11.6 Å². The van der Waals surface area contributed by atoms with Crippen molar-refractivity contribution in [3.63, 3.8) is 0 Å². The molecular formula is C12H14ClN3O. The molecule has 0 bridgehead atoms. The molecule has 0 radical (unpaired) electrons. The van der Waals surface area contributed by atoms with Crippen molar-refractivity contribution in [3.8, 4) is 0 Å². The van der Waals surface area contributed by atoms with Crippen molar-refractivity contribution in [1.29, 1.82) is 0 Å². The van der Waals surface area contributed by atoms with Crippen LogP contribution in [-0.2, 0) is 19.1 Å². The number of hydrogen-bond acceptors (Lipinski definition) is 3. The molecule has 2 aromatic rings. The van der Waals surface area contributed by atoms with E-state index in [0.717, 1.165) is 11.3 Å². The van der Waals surface area contributed by atoms with Gasteiger partial charge in [-0.3, -0.25) is 4.68 Å².